The van der Waals surface area contributed by atoms with Gasteiger partial charge in [-0.2, -0.15) is 0 Å². The summed E-state index contributed by atoms with van der Waals surface area (Å²) in [5.41, 5.74) is 7.33. The van der Waals surface area contributed by atoms with Crippen molar-refractivity contribution in [2.24, 2.45) is 0 Å². The van der Waals surface area contributed by atoms with Crippen molar-refractivity contribution in [3.63, 3.8) is 0 Å². The van der Waals surface area contributed by atoms with Crippen LogP contribution < -0.4 is 10.6 Å². The van der Waals surface area contributed by atoms with Gasteiger partial charge in [-0.1, -0.05) is 0 Å². The second-order valence-electron chi connectivity index (χ2n) is 4.89. The highest BCUT2D eigenvalue weighted by molar-refractivity contribution is 7.89. The highest BCUT2D eigenvalue weighted by Gasteiger charge is 2.20. The Balaban J connectivity index is 3.37. The van der Waals surface area contributed by atoms with Crippen molar-refractivity contribution in [2.45, 2.75) is 31.7 Å². The molecule has 1 rings (SSSR count). The van der Waals surface area contributed by atoms with Gasteiger partial charge < -0.3 is 10.6 Å². The van der Waals surface area contributed by atoms with Crippen molar-refractivity contribution in [2.75, 3.05) is 31.3 Å². The van der Waals surface area contributed by atoms with Gasteiger partial charge in [-0.25, -0.2) is 12.7 Å². The quantitative estimate of drug-likeness (QED) is 0.837. The zero-order valence-corrected chi connectivity index (χ0v) is 13.0. The lowest BCUT2D eigenvalue weighted by atomic mass is 10.2. The Morgan fingerprint density at radius 2 is 1.84 bits per heavy atom. The first kappa shape index (κ1) is 15.8. The first-order valence-corrected chi connectivity index (χ1v) is 7.74. The van der Waals surface area contributed by atoms with Crippen molar-refractivity contribution in [3.05, 3.63) is 18.2 Å². The molecular formula is C13H23N3O2S. The lowest BCUT2D eigenvalue weighted by Crippen LogP contribution is -2.31. The highest BCUT2D eigenvalue weighted by atomic mass is 32.2. The van der Waals surface area contributed by atoms with Gasteiger partial charge in [-0.15, -0.1) is 0 Å². The number of anilines is 2. The van der Waals surface area contributed by atoms with Crippen LogP contribution in [-0.4, -0.2) is 39.4 Å². The van der Waals surface area contributed by atoms with E-state index < -0.39 is 10.0 Å². The lowest BCUT2D eigenvalue weighted by Gasteiger charge is -2.29. The summed E-state index contributed by atoms with van der Waals surface area (Å²) >= 11 is 0. The smallest absolute Gasteiger partial charge is 0.242 e. The van der Waals surface area contributed by atoms with Crippen LogP contribution in [-0.2, 0) is 10.0 Å². The molecule has 0 aliphatic rings. The molecule has 0 unspecified atom stereocenters. The van der Waals surface area contributed by atoms with Crippen molar-refractivity contribution in [1.29, 1.82) is 0 Å². The Bertz CT molecular complexity index is 539. The molecule has 0 spiro atoms. The molecule has 0 bridgehead atoms. The van der Waals surface area contributed by atoms with Crippen LogP contribution in [0.25, 0.3) is 0 Å². The minimum atomic E-state index is -3.43. The molecule has 0 radical (unpaired) electrons. The third-order valence-corrected chi connectivity index (χ3v) is 4.87. The van der Waals surface area contributed by atoms with Crippen LogP contribution in [0.2, 0.25) is 0 Å². The Kier molecular flexibility index (Phi) is 4.81. The zero-order valence-electron chi connectivity index (χ0n) is 12.2. The average Bonchev–Trinajstić information content (AvgIpc) is 2.31. The third kappa shape index (κ3) is 3.19. The van der Waals surface area contributed by atoms with Gasteiger partial charge in [0.05, 0.1) is 16.3 Å². The van der Waals surface area contributed by atoms with Gasteiger partial charge in [0.15, 0.2) is 0 Å². The van der Waals surface area contributed by atoms with E-state index in [0.29, 0.717) is 5.69 Å². The fourth-order valence-corrected chi connectivity index (χ4v) is 2.88. The Hall–Kier alpha value is -1.27. The number of hydrogen-bond donors (Lipinski definition) is 1. The molecule has 0 atom stereocenters. The van der Waals surface area contributed by atoms with Gasteiger partial charge in [0.25, 0.3) is 0 Å². The molecule has 0 aliphatic heterocycles. The van der Waals surface area contributed by atoms with Crippen molar-refractivity contribution in [1.82, 2.24) is 4.31 Å². The molecule has 2 N–H and O–H groups in total. The van der Waals surface area contributed by atoms with Crippen molar-refractivity contribution in [3.8, 4) is 0 Å². The van der Waals surface area contributed by atoms with E-state index in [-0.39, 0.29) is 10.9 Å². The number of benzene rings is 1. The highest BCUT2D eigenvalue weighted by Crippen LogP contribution is 2.28. The molecule has 0 fully saturated rings. The first-order chi connectivity index (χ1) is 8.71. The maximum atomic E-state index is 12.1. The number of nitrogens with zero attached hydrogens (tertiary/aromatic N) is 2. The lowest BCUT2D eigenvalue weighted by molar-refractivity contribution is 0.520. The zero-order chi connectivity index (χ0) is 14.8. The SMILES string of the molecule is CCN(c1cc(S(=O)(=O)N(C)C)ccc1N)C(C)C. The van der Waals surface area contributed by atoms with Crippen LogP contribution >= 0.6 is 0 Å². The molecule has 0 aliphatic carbocycles. The van der Waals surface area contributed by atoms with Crippen LogP contribution in [0.15, 0.2) is 23.1 Å². The number of nitrogen functional groups attached to an aromatic ring is 1. The van der Waals surface area contributed by atoms with E-state index in [4.69, 9.17) is 5.73 Å². The van der Waals surface area contributed by atoms with E-state index in [2.05, 4.69) is 18.7 Å². The number of rotatable bonds is 5. The summed E-state index contributed by atoms with van der Waals surface area (Å²) in [4.78, 5) is 2.34. The molecule has 5 nitrogen and oxygen atoms in total. The van der Waals surface area contributed by atoms with Crippen molar-refractivity contribution >= 4 is 21.4 Å². The largest absolute Gasteiger partial charge is 0.397 e. The minimum absolute atomic E-state index is 0.254. The Morgan fingerprint density at radius 1 is 1.26 bits per heavy atom. The first-order valence-electron chi connectivity index (χ1n) is 6.30. The van der Waals surface area contributed by atoms with Gasteiger partial charge >= 0.3 is 0 Å². The molecule has 0 saturated carbocycles. The van der Waals surface area contributed by atoms with E-state index in [1.807, 2.05) is 6.92 Å². The summed E-state index contributed by atoms with van der Waals surface area (Å²) in [7, 11) is -0.394. The predicted molar refractivity (Wildman–Crippen MR) is 79.9 cm³/mol. The monoisotopic (exact) mass is 285 g/mol. The van der Waals surface area contributed by atoms with E-state index in [1.54, 1.807) is 18.2 Å². The molecule has 0 amide bonds. The number of hydrogen-bond acceptors (Lipinski definition) is 4. The summed E-state index contributed by atoms with van der Waals surface area (Å²) < 4.78 is 25.5. The van der Waals surface area contributed by atoms with Crippen LogP contribution in [0.5, 0.6) is 0 Å². The molecule has 0 heterocycles. The van der Waals surface area contributed by atoms with Crippen LogP contribution in [0.4, 0.5) is 11.4 Å². The molecule has 19 heavy (non-hydrogen) atoms. The van der Waals surface area contributed by atoms with Crippen LogP contribution in [0.3, 0.4) is 0 Å². The van der Waals surface area contributed by atoms with E-state index in [1.165, 1.54) is 18.4 Å². The number of sulfonamides is 1. The van der Waals surface area contributed by atoms with Gasteiger partial charge in [0.1, 0.15) is 0 Å². The number of nitrogens with two attached hydrogens (primary N) is 1. The second-order valence-corrected chi connectivity index (χ2v) is 7.04. The van der Waals surface area contributed by atoms with Crippen LogP contribution in [0, 0.1) is 0 Å². The van der Waals surface area contributed by atoms with E-state index >= 15 is 0 Å². The fraction of sp³-hybridized carbons (Fsp3) is 0.538. The maximum Gasteiger partial charge on any atom is 0.242 e. The van der Waals surface area contributed by atoms with Crippen LogP contribution in [0.1, 0.15) is 20.8 Å². The van der Waals surface area contributed by atoms with Gasteiger partial charge in [-0.05, 0) is 39.0 Å². The molecule has 6 heteroatoms. The maximum absolute atomic E-state index is 12.1. The molecule has 108 valence electrons. The summed E-state index contributed by atoms with van der Waals surface area (Å²) in [6.07, 6.45) is 0. The van der Waals surface area contributed by atoms with Crippen molar-refractivity contribution < 1.29 is 8.42 Å². The normalized spacial score (nSPS) is 12.2. The molecule has 1 aromatic rings. The Morgan fingerprint density at radius 3 is 2.26 bits per heavy atom. The molecule has 0 saturated heterocycles. The summed E-state index contributed by atoms with van der Waals surface area (Å²) in [6.45, 7) is 6.89. The summed E-state index contributed by atoms with van der Waals surface area (Å²) in [5.74, 6) is 0. The summed E-state index contributed by atoms with van der Waals surface area (Å²) in [5, 5.41) is 0. The predicted octanol–water partition coefficient (Wildman–Crippen LogP) is 1.75. The topological polar surface area (TPSA) is 66.6 Å². The minimum Gasteiger partial charge on any atom is -0.397 e. The molecule has 1 aromatic carbocycles. The van der Waals surface area contributed by atoms with Gasteiger partial charge in [-0.3, -0.25) is 0 Å². The molecule has 0 aromatic heterocycles. The third-order valence-electron chi connectivity index (χ3n) is 3.05. The molecular weight excluding hydrogens is 262 g/mol. The summed E-state index contributed by atoms with van der Waals surface area (Å²) in [6, 6.07) is 5.09. The fourth-order valence-electron chi connectivity index (χ4n) is 1.96. The van der Waals surface area contributed by atoms with Gasteiger partial charge in [0.2, 0.25) is 10.0 Å². The van der Waals surface area contributed by atoms with Gasteiger partial charge in [0, 0.05) is 26.7 Å². The Labute approximate surface area is 116 Å². The second kappa shape index (κ2) is 5.79. The van der Waals surface area contributed by atoms with E-state index in [9.17, 15) is 8.42 Å². The standard InChI is InChI=1S/C13H23N3O2S/c1-6-16(10(2)3)13-9-11(7-8-12(13)14)19(17,18)15(4)5/h7-10H,6,14H2,1-5H3. The van der Waals surface area contributed by atoms with E-state index in [0.717, 1.165) is 12.2 Å². The average molecular weight is 285 g/mol.